The Labute approximate surface area is 130 Å². The number of nitrogens with zero attached hydrogens (tertiary/aromatic N) is 2. The first-order valence-electron chi connectivity index (χ1n) is 7.47. The van der Waals surface area contributed by atoms with Crippen LogP contribution in [0.3, 0.4) is 0 Å². The molecule has 1 aromatic carbocycles. The van der Waals surface area contributed by atoms with Gasteiger partial charge in [-0.15, -0.1) is 0 Å². The molecule has 1 fully saturated rings. The number of anilines is 2. The van der Waals surface area contributed by atoms with Crippen LogP contribution in [0.15, 0.2) is 24.3 Å². The van der Waals surface area contributed by atoms with Crippen LogP contribution in [0.4, 0.5) is 11.4 Å². The predicted molar refractivity (Wildman–Crippen MR) is 83.9 cm³/mol. The number of aliphatic hydroxyl groups excluding tert-OH is 1. The summed E-state index contributed by atoms with van der Waals surface area (Å²) < 4.78 is 5.11. The van der Waals surface area contributed by atoms with Gasteiger partial charge in [-0.25, -0.2) is 0 Å². The third kappa shape index (κ3) is 3.84. The van der Waals surface area contributed by atoms with E-state index in [2.05, 4.69) is 0 Å². The highest BCUT2D eigenvalue weighted by atomic mass is 16.5. The van der Waals surface area contributed by atoms with Crippen molar-refractivity contribution in [3.05, 3.63) is 24.3 Å². The summed E-state index contributed by atoms with van der Waals surface area (Å²) in [4.78, 5) is 26.8. The molecule has 1 saturated heterocycles. The van der Waals surface area contributed by atoms with Gasteiger partial charge in [-0.2, -0.15) is 0 Å². The van der Waals surface area contributed by atoms with Crippen LogP contribution < -0.4 is 9.80 Å². The van der Waals surface area contributed by atoms with Gasteiger partial charge in [0.25, 0.3) is 5.91 Å². The zero-order chi connectivity index (χ0) is 16.1. The Morgan fingerprint density at radius 3 is 2.64 bits per heavy atom. The summed E-state index contributed by atoms with van der Waals surface area (Å²) in [5, 5.41) is 9.77. The zero-order valence-corrected chi connectivity index (χ0v) is 13.0. The molecule has 0 saturated carbocycles. The molecule has 0 radical (unpaired) electrons. The smallest absolute Gasteiger partial charge is 0.253 e. The van der Waals surface area contributed by atoms with E-state index >= 15 is 0 Å². The monoisotopic (exact) mass is 306 g/mol. The summed E-state index contributed by atoms with van der Waals surface area (Å²) in [6, 6.07) is 7.21. The van der Waals surface area contributed by atoms with Crippen molar-refractivity contribution in [1.82, 2.24) is 0 Å². The van der Waals surface area contributed by atoms with Crippen LogP contribution >= 0.6 is 0 Å². The van der Waals surface area contributed by atoms with Gasteiger partial charge in [-0.3, -0.25) is 9.59 Å². The largest absolute Gasteiger partial charge is 0.391 e. The molecule has 0 bridgehead atoms. The lowest BCUT2D eigenvalue weighted by molar-refractivity contribution is -0.125. The van der Waals surface area contributed by atoms with Crippen LogP contribution in [-0.2, 0) is 14.3 Å². The quantitative estimate of drug-likeness (QED) is 0.886. The molecule has 1 atom stereocenters. The number of morpholine rings is 1. The highest BCUT2D eigenvalue weighted by Gasteiger charge is 2.21. The summed E-state index contributed by atoms with van der Waals surface area (Å²) in [6.45, 7) is 4.77. The van der Waals surface area contributed by atoms with Crippen molar-refractivity contribution >= 4 is 23.2 Å². The second kappa shape index (κ2) is 7.38. The number of carbonyl (C=O) groups is 2. The lowest BCUT2D eigenvalue weighted by Crippen LogP contribution is -2.41. The van der Waals surface area contributed by atoms with Gasteiger partial charge >= 0.3 is 0 Å². The summed E-state index contributed by atoms with van der Waals surface area (Å²) in [5.41, 5.74) is 1.50. The number of amides is 2. The molecule has 0 unspecified atom stereocenters. The average molecular weight is 306 g/mol. The van der Waals surface area contributed by atoms with Crippen molar-refractivity contribution in [3.8, 4) is 0 Å². The van der Waals surface area contributed by atoms with E-state index in [1.807, 2.05) is 19.1 Å². The fourth-order valence-electron chi connectivity index (χ4n) is 2.36. The second-order valence-electron chi connectivity index (χ2n) is 5.31. The number of ether oxygens (including phenoxy) is 1. The molecule has 6 nitrogen and oxygen atoms in total. The van der Waals surface area contributed by atoms with Gasteiger partial charge in [0.15, 0.2) is 0 Å². The summed E-state index contributed by atoms with van der Waals surface area (Å²) in [5.74, 6) is -0.188. The van der Waals surface area contributed by atoms with Crippen molar-refractivity contribution < 1.29 is 19.4 Å². The van der Waals surface area contributed by atoms with Gasteiger partial charge in [0, 0.05) is 24.8 Å². The maximum absolute atomic E-state index is 11.8. The number of benzene rings is 1. The molecule has 0 spiro atoms. The first-order valence-corrected chi connectivity index (χ1v) is 7.47. The van der Waals surface area contributed by atoms with Gasteiger partial charge in [0.2, 0.25) is 5.91 Å². The molecule has 1 N–H and O–H groups in total. The van der Waals surface area contributed by atoms with Gasteiger partial charge in [-0.05, 0) is 30.7 Å². The molecular weight excluding hydrogens is 284 g/mol. The third-order valence-corrected chi connectivity index (χ3v) is 3.70. The molecule has 22 heavy (non-hydrogen) atoms. The van der Waals surface area contributed by atoms with Crippen LogP contribution in [0, 0.1) is 0 Å². The normalized spacial score (nSPS) is 16.5. The van der Waals surface area contributed by atoms with Gasteiger partial charge < -0.3 is 19.6 Å². The molecule has 2 rings (SSSR count). The van der Waals surface area contributed by atoms with E-state index < -0.39 is 6.10 Å². The Morgan fingerprint density at radius 2 is 2.09 bits per heavy atom. The summed E-state index contributed by atoms with van der Waals surface area (Å²) >= 11 is 0. The predicted octanol–water partition coefficient (Wildman–Crippen LogP) is 1.17. The van der Waals surface area contributed by atoms with E-state index in [1.165, 1.54) is 6.92 Å². The van der Waals surface area contributed by atoms with Crippen LogP contribution in [0.1, 0.15) is 20.3 Å². The SMILES string of the molecule is CC[C@@H](O)CN(C(C)=O)c1ccc(N2CCOCC2=O)cc1. The number of hydrogen-bond acceptors (Lipinski definition) is 4. The van der Waals surface area contributed by atoms with Crippen LogP contribution in [0.5, 0.6) is 0 Å². The molecule has 6 heteroatoms. The van der Waals surface area contributed by atoms with Crippen LogP contribution in [0.25, 0.3) is 0 Å². The molecule has 1 aromatic rings. The topological polar surface area (TPSA) is 70.1 Å². The molecule has 1 heterocycles. The van der Waals surface area contributed by atoms with E-state index in [4.69, 9.17) is 4.74 Å². The Kier molecular flexibility index (Phi) is 5.51. The first-order chi connectivity index (χ1) is 10.5. The molecule has 120 valence electrons. The van der Waals surface area contributed by atoms with E-state index in [1.54, 1.807) is 21.9 Å². The Hall–Kier alpha value is -1.92. The fourth-order valence-corrected chi connectivity index (χ4v) is 2.36. The Bertz CT molecular complexity index is 529. The maximum atomic E-state index is 11.8. The molecule has 0 aromatic heterocycles. The van der Waals surface area contributed by atoms with Gasteiger partial charge in [0.1, 0.15) is 6.61 Å². The number of aliphatic hydroxyl groups is 1. The molecule has 0 aliphatic carbocycles. The molecule has 1 aliphatic heterocycles. The van der Waals surface area contributed by atoms with Crippen LogP contribution in [-0.4, -0.2) is 49.3 Å². The standard InChI is InChI=1S/C16H22N2O4/c1-3-15(20)10-18(12(2)19)14-6-4-13(5-7-14)17-8-9-22-11-16(17)21/h4-7,15,20H,3,8-11H2,1-2H3/t15-/m1/s1. The van der Waals surface area contributed by atoms with E-state index in [0.717, 1.165) is 5.69 Å². The van der Waals surface area contributed by atoms with E-state index in [9.17, 15) is 14.7 Å². The van der Waals surface area contributed by atoms with Crippen molar-refractivity contribution in [3.63, 3.8) is 0 Å². The molecule has 1 aliphatic rings. The van der Waals surface area contributed by atoms with Crippen molar-refractivity contribution in [2.24, 2.45) is 0 Å². The van der Waals surface area contributed by atoms with Gasteiger partial charge in [0.05, 0.1) is 19.3 Å². The first kappa shape index (κ1) is 16.5. The Balaban J connectivity index is 2.15. The average Bonchev–Trinajstić information content (AvgIpc) is 2.53. The van der Waals surface area contributed by atoms with Gasteiger partial charge in [-0.1, -0.05) is 6.92 Å². The van der Waals surface area contributed by atoms with E-state index in [-0.39, 0.29) is 25.0 Å². The van der Waals surface area contributed by atoms with Crippen molar-refractivity contribution in [2.45, 2.75) is 26.4 Å². The van der Waals surface area contributed by atoms with E-state index in [0.29, 0.717) is 25.3 Å². The zero-order valence-electron chi connectivity index (χ0n) is 13.0. The minimum atomic E-state index is -0.551. The number of carbonyl (C=O) groups excluding carboxylic acids is 2. The lowest BCUT2D eigenvalue weighted by Gasteiger charge is -2.28. The highest BCUT2D eigenvalue weighted by molar-refractivity contribution is 5.96. The van der Waals surface area contributed by atoms with Crippen molar-refractivity contribution in [2.75, 3.05) is 36.1 Å². The van der Waals surface area contributed by atoms with Crippen LogP contribution in [0.2, 0.25) is 0 Å². The molecule has 2 amide bonds. The minimum absolute atomic E-state index is 0.0659. The third-order valence-electron chi connectivity index (χ3n) is 3.70. The number of hydrogen-bond donors (Lipinski definition) is 1. The maximum Gasteiger partial charge on any atom is 0.253 e. The molecular formula is C16H22N2O4. The fraction of sp³-hybridized carbons (Fsp3) is 0.500. The van der Waals surface area contributed by atoms with Crippen molar-refractivity contribution in [1.29, 1.82) is 0 Å². The summed E-state index contributed by atoms with van der Waals surface area (Å²) in [6.07, 6.45) is 0.0360. The minimum Gasteiger partial charge on any atom is -0.391 e. The lowest BCUT2D eigenvalue weighted by atomic mass is 10.2. The Morgan fingerprint density at radius 1 is 1.41 bits per heavy atom. The summed E-state index contributed by atoms with van der Waals surface area (Å²) in [7, 11) is 0. The number of rotatable bonds is 5. The second-order valence-corrected chi connectivity index (χ2v) is 5.31. The highest BCUT2D eigenvalue weighted by Crippen LogP contribution is 2.22.